The molecular formula is C20H24N4O3. The Morgan fingerprint density at radius 1 is 1.26 bits per heavy atom. The molecule has 1 aromatic heterocycles. The summed E-state index contributed by atoms with van der Waals surface area (Å²) in [6, 6.07) is 11.9. The number of urea groups is 1. The molecule has 7 nitrogen and oxygen atoms in total. The van der Waals surface area contributed by atoms with E-state index in [1.807, 2.05) is 43.3 Å². The average Bonchev–Trinajstić information content (AvgIpc) is 3.15. The Labute approximate surface area is 158 Å². The first kappa shape index (κ1) is 18.8. The molecule has 1 aliphatic rings. The lowest BCUT2D eigenvalue weighted by atomic mass is 10.1. The van der Waals surface area contributed by atoms with Crippen molar-refractivity contribution in [3.05, 3.63) is 65.5 Å². The number of aryl methyl sites for hydroxylation is 1. The maximum absolute atomic E-state index is 12.5. The van der Waals surface area contributed by atoms with Crippen molar-refractivity contribution in [2.24, 2.45) is 0 Å². The monoisotopic (exact) mass is 368 g/mol. The molecule has 0 saturated carbocycles. The molecule has 3 amide bonds. The largest absolute Gasteiger partial charge is 0.394 e. The standard InChI is InChI=1S/C20H24N4O3/c1-14-7-8-16(11-21-14)19(26)24-10-9-17(12-24)22-20(27)23-18(13-25)15-5-3-2-4-6-15/h2-8,11,17-18,25H,9-10,12-13H2,1H3,(H2,22,23,27)/t17-,18+/m1/s1. The summed E-state index contributed by atoms with van der Waals surface area (Å²) >= 11 is 0. The molecule has 0 bridgehead atoms. The van der Waals surface area contributed by atoms with Crippen LogP contribution in [0.25, 0.3) is 0 Å². The zero-order valence-electron chi connectivity index (χ0n) is 15.3. The topological polar surface area (TPSA) is 94.6 Å². The van der Waals surface area contributed by atoms with Crippen molar-refractivity contribution in [2.75, 3.05) is 19.7 Å². The molecule has 2 atom stereocenters. The van der Waals surface area contributed by atoms with Crippen LogP contribution in [0.1, 0.15) is 34.1 Å². The van der Waals surface area contributed by atoms with Crippen LogP contribution in [0.4, 0.5) is 4.79 Å². The van der Waals surface area contributed by atoms with Crippen LogP contribution >= 0.6 is 0 Å². The van der Waals surface area contributed by atoms with E-state index in [9.17, 15) is 14.7 Å². The van der Waals surface area contributed by atoms with E-state index in [0.29, 0.717) is 25.1 Å². The van der Waals surface area contributed by atoms with Gasteiger partial charge >= 0.3 is 6.03 Å². The fourth-order valence-corrected chi connectivity index (χ4v) is 3.14. The first-order valence-corrected chi connectivity index (χ1v) is 9.01. The predicted octanol–water partition coefficient (Wildman–Crippen LogP) is 1.64. The first-order valence-electron chi connectivity index (χ1n) is 9.01. The van der Waals surface area contributed by atoms with Gasteiger partial charge in [-0.3, -0.25) is 9.78 Å². The fourth-order valence-electron chi connectivity index (χ4n) is 3.14. The van der Waals surface area contributed by atoms with E-state index in [2.05, 4.69) is 15.6 Å². The van der Waals surface area contributed by atoms with Gasteiger partial charge in [-0.15, -0.1) is 0 Å². The van der Waals surface area contributed by atoms with Crippen molar-refractivity contribution < 1.29 is 14.7 Å². The molecule has 7 heteroatoms. The van der Waals surface area contributed by atoms with Gasteiger partial charge < -0.3 is 20.6 Å². The lowest BCUT2D eigenvalue weighted by Gasteiger charge is -2.20. The average molecular weight is 368 g/mol. The summed E-state index contributed by atoms with van der Waals surface area (Å²) < 4.78 is 0. The second-order valence-electron chi connectivity index (χ2n) is 6.69. The second-order valence-corrected chi connectivity index (χ2v) is 6.69. The Morgan fingerprint density at radius 3 is 2.70 bits per heavy atom. The highest BCUT2D eigenvalue weighted by Crippen LogP contribution is 2.15. The van der Waals surface area contributed by atoms with Crippen LogP contribution in [0, 0.1) is 6.92 Å². The third-order valence-corrected chi connectivity index (χ3v) is 4.66. The van der Waals surface area contributed by atoms with Crippen LogP contribution in [0.5, 0.6) is 0 Å². The Morgan fingerprint density at radius 2 is 2.04 bits per heavy atom. The molecule has 0 aliphatic carbocycles. The molecule has 3 N–H and O–H groups in total. The van der Waals surface area contributed by atoms with Crippen molar-refractivity contribution in [2.45, 2.75) is 25.4 Å². The van der Waals surface area contributed by atoms with Gasteiger partial charge in [0.1, 0.15) is 0 Å². The minimum absolute atomic E-state index is 0.0790. The van der Waals surface area contributed by atoms with Crippen LogP contribution in [-0.4, -0.2) is 52.7 Å². The quantitative estimate of drug-likeness (QED) is 0.748. The maximum Gasteiger partial charge on any atom is 0.315 e. The molecule has 2 heterocycles. The number of aliphatic hydroxyl groups excluding tert-OH is 1. The van der Waals surface area contributed by atoms with E-state index in [1.54, 1.807) is 17.2 Å². The van der Waals surface area contributed by atoms with Gasteiger partial charge in [-0.2, -0.15) is 0 Å². The maximum atomic E-state index is 12.5. The number of aromatic nitrogens is 1. The molecule has 142 valence electrons. The SMILES string of the molecule is Cc1ccc(C(=O)N2CC[C@@H](NC(=O)N[C@@H](CO)c3ccccc3)C2)cn1. The van der Waals surface area contributed by atoms with Crippen molar-refractivity contribution in [1.29, 1.82) is 0 Å². The Kier molecular flexibility index (Phi) is 6.03. The Bertz CT molecular complexity index is 780. The van der Waals surface area contributed by atoms with Crippen LogP contribution in [0.2, 0.25) is 0 Å². The molecule has 27 heavy (non-hydrogen) atoms. The van der Waals surface area contributed by atoms with Gasteiger partial charge in [-0.05, 0) is 31.0 Å². The summed E-state index contributed by atoms with van der Waals surface area (Å²) in [4.78, 5) is 30.7. The number of likely N-dealkylation sites (tertiary alicyclic amines) is 1. The number of carbonyl (C=O) groups is 2. The summed E-state index contributed by atoms with van der Waals surface area (Å²) in [5.74, 6) is -0.0790. The van der Waals surface area contributed by atoms with Crippen molar-refractivity contribution in [3.63, 3.8) is 0 Å². The zero-order chi connectivity index (χ0) is 19.2. The third kappa shape index (κ3) is 4.83. The molecule has 0 spiro atoms. The first-order chi connectivity index (χ1) is 13.1. The number of carbonyl (C=O) groups excluding carboxylic acids is 2. The number of hydrogen-bond donors (Lipinski definition) is 3. The van der Waals surface area contributed by atoms with Gasteiger partial charge in [0, 0.05) is 31.0 Å². The number of hydrogen-bond acceptors (Lipinski definition) is 4. The molecule has 1 aliphatic heterocycles. The van der Waals surface area contributed by atoms with E-state index in [0.717, 1.165) is 11.3 Å². The Balaban J connectivity index is 1.52. The molecule has 1 saturated heterocycles. The van der Waals surface area contributed by atoms with E-state index < -0.39 is 6.04 Å². The molecule has 3 rings (SSSR count). The lowest BCUT2D eigenvalue weighted by Crippen LogP contribution is -2.45. The van der Waals surface area contributed by atoms with Gasteiger partial charge in [0.2, 0.25) is 0 Å². The number of aliphatic hydroxyl groups is 1. The van der Waals surface area contributed by atoms with Crippen molar-refractivity contribution in [3.8, 4) is 0 Å². The summed E-state index contributed by atoms with van der Waals surface area (Å²) in [5, 5.41) is 15.2. The summed E-state index contributed by atoms with van der Waals surface area (Å²) in [5.41, 5.74) is 2.25. The van der Waals surface area contributed by atoms with E-state index >= 15 is 0 Å². The number of rotatable bonds is 5. The molecule has 2 aromatic rings. The molecule has 1 fully saturated rings. The van der Waals surface area contributed by atoms with Crippen molar-refractivity contribution >= 4 is 11.9 Å². The molecule has 0 radical (unpaired) electrons. The zero-order valence-corrected chi connectivity index (χ0v) is 15.3. The van der Waals surface area contributed by atoms with Crippen LogP contribution < -0.4 is 10.6 Å². The smallest absolute Gasteiger partial charge is 0.315 e. The minimum Gasteiger partial charge on any atom is -0.394 e. The van der Waals surface area contributed by atoms with Gasteiger partial charge in [0.05, 0.1) is 18.2 Å². The van der Waals surface area contributed by atoms with Gasteiger partial charge in [0.25, 0.3) is 5.91 Å². The molecular weight excluding hydrogens is 344 g/mol. The summed E-state index contributed by atoms with van der Waals surface area (Å²) in [7, 11) is 0. The Hall–Kier alpha value is -2.93. The van der Waals surface area contributed by atoms with Gasteiger partial charge in [0.15, 0.2) is 0 Å². The number of amides is 3. The molecule has 1 aromatic carbocycles. The number of benzene rings is 1. The summed E-state index contributed by atoms with van der Waals surface area (Å²) in [6.45, 7) is 2.72. The van der Waals surface area contributed by atoms with Crippen molar-refractivity contribution in [1.82, 2.24) is 20.5 Å². The predicted molar refractivity (Wildman–Crippen MR) is 101 cm³/mol. The normalized spacial score (nSPS) is 17.4. The number of nitrogens with one attached hydrogen (secondary N) is 2. The van der Waals surface area contributed by atoms with Gasteiger partial charge in [-0.25, -0.2) is 4.79 Å². The highest BCUT2D eigenvalue weighted by atomic mass is 16.3. The highest BCUT2D eigenvalue weighted by molar-refractivity contribution is 5.94. The van der Waals surface area contributed by atoms with Crippen LogP contribution in [0.3, 0.4) is 0 Å². The van der Waals surface area contributed by atoms with E-state index in [4.69, 9.17) is 0 Å². The number of pyridine rings is 1. The molecule has 0 unspecified atom stereocenters. The highest BCUT2D eigenvalue weighted by Gasteiger charge is 2.28. The van der Waals surface area contributed by atoms with Crippen LogP contribution in [0.15, 0.2) is 48.7 Å². The lowest BCUT2D eigenvalue weighted by molar-refractivity contribution is 0.0789. The number of nitrogens with zero attached hydrogens (tertiary/aromatic N) is 2. The summed E-state index contributed by atoms with van der Waals surface area (Å²) in [6.07, 6.45) is 2.27. The minimum atomic E-state index is -0.469. The van der Waals surface area contributed by atoms with Gasteiger partial charge in [-0.1, -0.05) is 30.3 Å². The third-order valence-electron chi connectivity index (χ3n) is 4.66. The second kappa shape index (κ2) is 8.64. The van der Waals surface area contributed by atoms with E-state index in [-0.39, 0.29) is 24.6 Å². The fraction of sp³-hybridized carbons (Fsp3) is 0.350. The van der Waals surface area contributed by atoms with E-state index in [1.165, 1.54) is 0 Å². The van der Waals surface area contributed by atoms with Crippen LogP contribution in [-0.2, 0) is 0 Å².